The van der Waals surface area contributed by atoms with Crippen molar-refractivity contribution in [1.82, 2.24) is 0 Å². The molecule has 0 amide bonds. The monoisotopic (exact) mass is 486 g/mol. The van der Waals surface area contributed by atoms with Crippen molar-refractivity contribution in [3.63, 3.8) is 0 Å². The molecular formula is C28H38O7. The quantitative estimate of drug-likeness (QED) is 0.391. The number of carboxylic acids is 1. The molecule has 6 fully saturated rings. The third-order valence-corrected chi connectivity index (χ3v) is 11.9. The van der Waals surface area contributed by atoms with Crippen molar-refractivity contribution in [3.05, 3.63) is 23.8 Å². The summed E-state index contributed by atoms with van der Waals surface area (Å²) in [6.45, 7) is 8.22. The zero-order valence-electron chi connectivity index (χ0n) is 21.0. The van der Waals surface area contributed by atoms with Crippen LogP contribution < -0.4 is 0 Å². The summed E-state index contributed by atoms with van der Waals surface area (Å²) in [5.41, 5.74) is -1.07. The molecule has 192 valence electrons. The number of aliphatic carboxylic acids is 1. The maximum absolute atomic E-state index is 12.0. The van der Waals surface area contributed by atoms with Crippen molar-refractivity contribution in [2.75, 3.05) is 6.61 Å². The van der Waals surface area contributed by atoms with Gasteiger partial charge in [0.25, 0.3) is 0 Å². The molecule has 3 saturated heterocycles. The van der Waals surface area contributed by atoms with Gasteiger partial charge in [-0.05, 0) is 54.9 Å². The molecule has 0 aromatic rings. The first-order valence-corrected chi connectivity index (χ1v) is 13.5. The molecule has 2 bridgehead atoms. The first-order valence-electron chi connectivity index (χ1n) is 13.5. The van der Waals surface area contributed by atoms with Crippen LogP contribution in [0.3, 0.4) is 0 Å². The zero-order valence-corrected chi connectivity index (χ0v) is 21.0. The van der Waals surface area contributed by atoms with Crippen LogP contribution in [0.15, 0.2) is 23.8 Å². The van der Waals surface area contributed by atoms with Gasteiger partial charge in [-0.1, -0.05) is 45.9 Å². The number of carboxylic acid groups (broad SMARTS) is 1. The predicted molar refractivity (Wildman–Crippen MR) is 125 cm³/mol. The van der Waals surface area contributed by atoms with E-state index >= 15 is 0 Å². The first-order chi connectivity index (χ1) is 16.6. The number of rotatable bonds is 6. The zero-order chi connectivity index (χ0) is 24.7. The van der Waals surface area contributed by atoms with E-state index in [-0.39, 0.29) is 60.3 Å². The summed E-state index contributed by atoms with van der Waals surface area (Å²) >= 11 is 0. The molecule has 7 nitrogen and oxygen atoms in total. The summed E-state index contributed by atoms with van der Waals surface area (Å²) in [4.78, 5) is 11.4. The smallest absolute Gasteiger partial charge is 0.306 e. The summed E-state index contributed by atoms with van der Waals surface area (Å²) in [5.74, 6) is -0.465. The Morgan fingerprint density at radius 1 is 1.14 bits per heavy atom. The van der Waals surface area contributed by atoms with Gasteiger partial charge in [-0.15, -0.1) is 0 Å². The van der Waals surface area contributed by atoms with E-state index in [9.17, 15) is 20.1 Å². The highest BCUT2D eigenvalue weighted by atomic mass is 16.7. The maximum atomic E-state index is 12.0. The highest BCUT2D eigenvalue weighted by Crippen LogP contribution is 2.78. The Morgan fingerprint density at radius 3 is 2.57 bits per heavy atom. The second kappa shape index (κ2) is 6.79. The number of hydrogen-bond acceptors (Lipinski definition) is 6. The minimum atomic E-state index is -1.05. The van der Waals surface area contributed by atoms with Crippen molar-refractivity contribution in [2.45, 2.75) is 95.1 Å². The fraction of sp³-hybridized carbons (Fsp3) is 0.821. The molecule has 4 heterocycles. The van der Waals surface area contributed by atoms with Crippen LogP contribution in [0.1, 0.15) is 53.4 Å². The molecule has 35 heavy (non-hydrogen) atoms. The van der Waals surface area contributed by atoms with Gasteiger partial charge < -0.3 is 29.5 Å². The van der Waals surface area contributed by atoms with E-state index < -0.39 is 28.5 Å². The first kappa shape index (κ1) is 22.9. The van der Waals surface area contributed by atoms with Crippen molar-refractivity contribution in [2.24, 2.45) is 40.4 Å². The van der Waals surface area contributed by atoms with Crippen molar-refractivity contribution in [3.8, 4) is 0 Å². The van der Waals surface area contributed by atoms with Crippen molar-refractivity contribution >= 4 is 5.97 Å². The molecule has 3 aliphatic carbocycles. The molecule has 7 heteroatoms. The maximum Gasteiger partial charge on any atom is 0.306 e. The molecule has 0 aromatic carbocycles. The van der Waals surface area contributed by atoms with Crippen LogP contribution in [0.25, 0.3) is 0 Å². The number of fused-ring (bicyclic) bond motifs is 10. The Morgan fingerprint density at radius 2 is 1.86 bits per heavy atom. The van der Waals surface area contributed by atoms with Crippen LogP contribution in [-0.2, 0) is 19.0 Å². The standard InChI is InChI=1S/C28H38O7/c1-13(15(3)24(30)31)5-6-14(2)16-7-8-17-18-11-19-28(32)23-21(34-23)20-22(33-20)25(28,4)27(18,35-19)10-9-26(16,17)12-29/h5-6,11,13-17,19-23,29,32H,7-10,12H2,1-4H3,(H,30,31)/b6-5+. The van der Waals surface area contributed by atoms with Gasteiger partial charge in [0.15, 0.2) is 0 Å². The Balaban J connectivity index is 1.20. The summed E-state index contributed by atoms with van der Waals surface area (Å²) in [6.07, 6.45) is 9.51. The molecule has 14 atom stereocenters. The molecule has 7 aliphatic rings. The van der Waals surface area contributed by atoms with Crippen molar-refractivity contribution in [1.29, 1.82) is 0 Å². The molecule has 4 aliphatic heterocycles. The van der Waals surface area contributed by atoms with E-state index in [1.807, 2.05) is 13.0 Å². The lowest BCUT2D eigenvalue weighted by Crippen LogP contribution is -2.69. The topological polar surface area (TPSA) is 112 Å². The number of epoxide rings is 2. The number of aliphatic hydroxyl groups excluding tert-OH is 1. The average Bonchev–Trinajstić information content (AvgIpc) is 3.72. The lowest BCUT2D eigenvalue weighted by Gasteiger charge is -2.58. The van der Waals surface area contributed by atoms with Crippen LogP contribution in [0, 0.1) is 40.4 Å². The van der Waals surface area contributed by atoms with Crippen LogP contribution in [-0.4, -0.2) is 69.6 Å². The molecule has 3 N–H and O–H groups in total. The van der Waals surface area contributed by atoms with Gasteiger partial charge in [-0.25, -0.2) is 0 Å². The molecule has 0 aromatic heterocycles. The summed E-state index contributed by atoms with van der Waals surface area (Å²) in [6, 6.07) is 0. The Bertz CT molecular complexity index is 1040. The normalized spacial score (nSPS) is 56.9. The lowest BCUT2D eigenvalue weighted by molar-refractivity contribution is -0.142. The lowest BCUT2D eigenvalue weighted by atomic mass is 9.45. The number of allylic oxidation sites excluding steroid dienone is 2. The van der Waals surface area contributed by atoms with Gasteiger partial charge in [-0.2, -0.15) is 0 Å². The van der Waals surface area contributed by atoms with E-state index in [0.29, 0.717) is 5.92 Å². The second-order valence-electron chi connectivity index (χ2n) is 12.9. The molecule has 1 spiro atoms. The number of hydrogen-bond donors (Lipinski definition) is 3. The Kier molecular flexibility index (Phi) is 4.44. The van der Waals surface area contributed by atoms with Gasteiger partial charge in [0.2, 0.25) is 0 Å². The third-order valence-electron chi connectivity index (χ3n) is 11.9. The second-order valence-corrected chi connectivity index (χ2v) is 12.9. The van der Waals surface area contributed by atoms with Crippen molar-refractivity contribution < 1.29 is 34.3 Å². The molecule has 7 rings (SSSR count). The highest BCUT2D eigenvalue weighted by Gasteiger charge is 2.91. The Labute approximate surface area is 206 Å². The minimum Gasteiger partial charge on any atom is -0.481 e. The van der Waals surface area contributed by atoms with E-state index in [1.54, 1.807) is 6.92 Å². The fourth-order valence-corrected chi connectivity index (χ4v) is 9.60. The van der Waals surface area contributed by atoms with E-state index in [4.69, 9.17) is 14.2 Å². The SMILES string of the molecule is CC(/C=C/C(C)C1CCC2C3=CC4OC3(CCC21CO)C1(C)C2OC2C2OC2C41O)C(C)C(=O)O. The molecule has 14 unspecified atom stereocenters. The predicted octanol–water partition coefficient (Wildman–Crippen LogP) is 2.70. The molecule has 0 radical (unpaired) electrons. The third kappa shape index (κ3) is 2.39. The Hall–Kier alpha value is -1.25. The summed E-state index contributed by atoms with van der Waals surface area (Å²) < 4.78 is 18.8. The van der Waals surface area contributed by atoms with E-state index in [2.05, 4.69) is 26.0 Å². The summed E-state index contributed by atoms with van der Waals surface area (Å²) in [5, 5.41) is 32.3. The van der Waals surface area contributed by atoms with Crippen LogP contribution in [0.2, 0.25) is 0 Å². The fourth-order valence-electron chi connectivity index (χ4n) is 9.60. The number of ether oxygens (including phenoxy) is 3. The minimum absolute atomic E-state index is 0.00383. The van der Waals surface area contributed by atoms with Gasteiger partial charge in [0, 0.05) is 12.0 Å². The van der Waals surface area contributed by atoms with Crippen LogP contribution in [0.5, 0.6) is 0 Å². The largest absolute Gasteiger partial charge is 0.481 e. The van der Waals surface area contributed by atoms with Gasteiger partial charge >= 0.3 is 5.97 Å². The van der Waals surface area contributed by atoms with Crippen LogP contribution >= 0.6 is 0 Å². The molecular weight excluding hydrogens is 448 g/mol. The number of carbonyl (C=O) groups is 1. The summed E-state index contributed by atoms with van der Waals surface area (Å²) in [7, 11) is 0. The van der Waals surface area contributed by atoms with Crippen LogP contribution in [0.4, 0.5) is 0 Å². The van der Waals surface area contributed by atoms with E-state index in [0.717, 1.165) is 25.7 Å². The highest BCUT2D eigenvalue weighted by molar-refractivity contribution is 5.70. The van der Waals surface area contributed by atoms with Gasteiger partial charge in [-0.3, -0.25) is 4.79 Å². The average molecular weight is 487 g/mol. The number of aliphatic hydroxyl groups is 2. The van der Waals surface area contributed by atoms with Gasteiger partial charge in [0.05, 0.1) is 17.4 Å². The van der Waals surface area contributed by atoms with Gasteiger partial charge in [0.1, 0.15) is 35.6 Å². The molecule has 3 saturated carbocycles. The van der Waals surface area contributed by atoms with E-state index in [1.165, 1.54) is 5.57 Å².